The summed E-state index contributed by atoms with van der Waals surface area (Å²) in [6, 6.07) is 6.07. The molecule has 3 fully saturated rings. The minimum Gasteiger partial charge on any atom is -0.545 e. The van der Waals surface area contributed by atoms with Gasteiger partial charge in [0.25, 0.3) is 0 Å². The number of aromatic carboxylic acids is 1. The zero-order valence-corrected chi connectivity index (χ0v) is 28.2. The van der Waals surface area contributed by atoms with Crippen molar-refractivity contribution in [1.29, 1.82) is 0 Å². The molecule has 1 N–H and O–H groups in total. The molecule has 1 aromatic rings. The van der Waals surface area contributed by atoms with E-state index < -0.39 is 18.0 Å². The molecule has 41 heavy (non-hydrogen) atoms. The second-order valence-corrected chi connectivity index (χ2v) is 14.5. The van der Waals surface area contributed by atoms with E-state index in [-0.39, 0.29) is 52.2 Å². The third kappa shape index (κ3) is 6.12. The van der Waals surface area contributed by atoms with E-state index in [2.05, 4.69) is 40.7 Å². The Labute approximate surface area is 269 Å². The molecule has 0 aromatic heterocycles. The number of fused-ring (bicyclic) bond motifs is 5. The van der Waals surface area contributed by atoms with E-state index in [9.17, 15) is 19.8 Å². The van der Waals surface area contributed by atoms with Crippen LogP contribution in [-0.4, -0.2) is 29.3 Å². The fraction of sp³-hybridized carbons (Fsp3) is 0.714. The average molecular weight is 573 g/mol. The number of benzene rings is 1. The molecular weight excluding hydrogens is 523 g/mol. The van der Waals surface area contributed by atoms with E-state index in [1.807, 2.05) is 0 Å². The van der Waals surface area contributed by atoms with E-state index >= 15 is 0 Å². The number of aliphatic hydroxyl groups excluding tert-OH is 1. The Bertz CT molecular complexity index is 1150. The molecule has 1 aromatic carbocycles. The Hall–Kier alpha value is -1.14. The van der Waals surface area contributed by atoms with Crippen LogP contribution in [-0.2, 0) is 4.74 Å². The zero-order chi connectivity index (χ0) is 28.8. The van der Waals surface area contributed by atoms with Gasteiger partial charge in [-0.1, -0.05) is 83.7 Å². The van der Waals surface area contributed by atoms with Crippen LogP contribution in [0.15, 0.2) is 35.9 Å². The van der Waals surface area contributed by atoms with E-state index in [0.29, 0.717) is 29.6 Å². The number of hydrogen-bond acceptors (Lipinski definition) is 5. The summed E-state index contributed by atoms with van der Waals surface area (Å²) in [6.45, 7) is 12.0. The molecule has 9 atom stereocenters. The van der Waals surface area contributed by atoms with Crippen LogP contribution < -0.4 is 34.7 Å². The SMILES string of the molecule is CC(C)CCC[C@@H](C)[C@H]1CC[C@H]2[C@@H]3[C@@H](O)C=C4C[C@@H](OC(=O)c5ccccc5C(=O)[O-])CC[C@]4(C)[C@H]3CC[C@]12C.[Na+]. The Balaban J connectivity index is 0.00000387. The van der Waals surface area contributed by atoms with Crippen molar-refractivity contribution >= 4 is 11.9 Å². The van der Waals surface area contributed by atoms with Crippen LogP contribution >= 0.6 is 0 Å². The molecule has 0 heterocycles. The Morgan fingerprint density at radius 3 is 2.39 bits per heavy atom. The monoisotopic (exact) mass is 572 g/mol. The van der Waals surface area contributed by atoms with Crippen LogP contribution in [0.2, 0.25) is 0 Å². The van der Waals surface area contributed by atoms with Crippen LogP contribution in [0.25, 0.3) is 0 Å². The van der Waals surface area contributed by atoms with E-state index in [0.717, 1.165) is 37.0 Å². The number of esters is 1. The van der Waals surface area contributed by atoms with Gasteiger partial charge in [-0.05, 0) is 90.9 Å². The first-order chi connectivity index (χ1) is 19.0. The van der Waals surface area contributed by atoms with E-state index in [4.69, 9.17) is 4.74 Å². The molecule has 4 aliphatic carbocycles. The molecule has 0 saturated heterocycles. The average Bonchev–Trinajstić information content (AvgIpc) is 3.26. The van der Waals surface area contributed by atoms with Crippen molar-refractivity contribution in [3.05, 3.63) is 47.0 Å². The standard InChI is InChI=1S/C35H50O5.Na/c1-21(2)9-8-10-22(3)27-13-14-28-31-29(16-18-35(27,28)5)34(4)17-15-24(19-23(34)20-30(31)36)40-33(39)26-12-7-6-11-25(26)32(37)38;/h6-7,11-12,20-22,24,27-31,36H,8-10,13-19H2,1-5H3,(H,37,38);/q;+1/p-1/t22-,24+,27-,28+,29+,30+,31+,34+,35-;/m1./s1. The second-order valence-electron chi connectivity index (χ2n) is 14.5. The molecule has 0 bridgehead atoms. The third-order valence-corrected chi connectivity index (χ3v) is 11.9. The first kappa shape index (κ1) is 32.8. The van der Waals surface area contributed by atoms with Gasteiger partial charge in [-0.2, -0.15) is 0 Å². The summed E-state index contributed by atoms with van der Waals surface area (Å²) in [5.74, 6) is 1.57. The van der Waals surface area contributed by atoms with Gasteiger partial charge in [0.1, 0.15) is 6.10 Å². The molecule has 6 heteroatoms. The van der Waals surface area contributed by atoms with Crippen molar-refractivity contribution in [1.82, 2.24) is 0 Å². The molecule has 0 spiro atoms. The third-order valence-electron chi connectivity index (χ3n) is 11.9. The van der Waals surface area contributed by atoms with Gasteiger partial charge in [0, 0.05) is 12.0 Å². The Morgan fingerprint density at radius 2 is 1.71 bits per heavy atom. The van der Waals surface area contributed by atoms with Gasteiger partial charge in [-0.3, -0.25) is 0 Å². The van der Waals surface area contributed by atoms with Crippen LogP contribution in [0.4, 0.5) is 0 Å². The molecule has 0 amide bonds. The first-order valence-corrected chi connectivity index (χ1v) is 15.9. The van der Waals surface area contributed by atoms with Gasteiger partial charge in [0.05, 0.1) is 17.6 Å². The predicted molar refractivity (Wildman–Crippen MR) is 154 cm³/mol. The summed E-state index contributed by atoms with van der Waals surface area (Å²) >= 11 is 0. The number of ether oxygens (including phenoxy) is 1. The van der Waals surface area contributed by atoms with E-state index in [1.54, 1.807) is 12.1 Å². The van der Waals surface area contributed by atoms with Gasteiger partial charge in [-0.15, -0.1) is 0 Å². The summed E-state index contributed by atoms with van der Waals surface area (Å²) in [5, 5.41) is 23.1. The second kappa shape index (κ2) is 12.8. The first-order valence-electron chi connectivity index (χ1n) is 15.9. The van der Waals surface area contributed by atoms with E-state index in [1.165, 1.54) is 56.2 Å². The summed E-state index contributed by atoms with van der Waals surface area (Å²) in [6.07, 6.45) is 12.5. The molecule has 0 unspecified atom stereocenters. The number of carbonyl (C=O) groups is 2. The van der Waals surface area contributed by atoms with Gasteiger partial charge < -0.3 is 19.7 Å². The molecule has 3 saturated carbocycles. The van der Waals surface area contributed by atoms with Gasteiger partial charge >= 0.3 is 35.5 Å². The number of carboxylic acids is 1. The van der Waals surface area contributed by atoms with Gasteiger partial charge in [0.2, 0.25) is 0 Å². The smallest absolute Gasteiger partial charge is 0.545 e. The van der Waals surface area contributed by atoms with Gasteiger partial charge in [-0.25, -0.2) is 4.79 Å². The fourth-order valence-electron chi connectivity index (χ4n) is 9.79. The summed E-state index contributed by atoms with van der Waals surface area (Å²) < 4.78 is 5.85. The molecule has 0 aliphatic heterocycles. The van der Waals surface area contributed by atoms with Crippen molar-refractivity contribution in [2.24, 2.45) is 46.3 Å². The van der Waals surface area contributed by atoms with Crippen LogP contribution in [0.3, 0.4) is 0 Å². The molecule has 5 rings (SSSR count). The maximum atomic E-state index is 12.9. The number of rotatable bonds is 8. The van der Waals surface area contributed by atoms with Crippen molar-refractivity contribution < 1.29 is 54.1 Å². The summed E-state index contributed by atoms with van der Waals surface area (Å²) in [7, 11) is 0. The summed E-state index contributed by atoms with van der Waals surface area (Å²) in [5.41, 5.74) is 1.43. The van der Waals surface area contributed by atoms with Crippen molar-refractivity contribution in [2.75, 3.05) is 0 Å². The molecule has 0 radical (unpaired) electrons. The Morgan fingerprint density at radius 1 is 1.00 bits per heavy atom. The van der Waals surface area contributed by atoms with Crippen LogP contribution in [0.5, 0.6) is 0 Å². The Kier molecular flexibility index (Phi) is 10.3. The maximum Gasteiger partial charge on any atom is 1.00 e. The quantitative estimate of drug-likeness (QED) is 0.292. The van der Waals surface area contributed by atoms with Crippen molar-refractivity contribution in [3.63, 3.8) is 0 Å². The maximum absolute atomic E-state index is 12.9. The van der Waals surface area contributed by atoms with Crippen LogP contribution in [0, 0.1) is 46.3 Å². The molecule has 5 nitrogen and oxygen atoms in total. The van der Waals surface area contributed by atoms with Crippen LogP contribution in [0.1, 0.15) is 120 Å². The minimum absolute atomic E-state index is 0. The summed E-state index contributed by atoms with van der Waals surface area (Å²) in [4.78, 5) is 24.4. The number of carbonyl (C=O) groups excluding carboxylic acids is 2. The fourth-order valence-corrected chi connectivity index (χ4v) is 9.79. The number of aliphatic hydroxyl groups is 1. The normalized spacial score (nSPS) is 36.7. The number of carboxylic acid groups (broad SMARTS) is 1. The van der Waals surface area contributed by atoms with Gasteiger partial charge in [0.15, 0.2) is 0 Å². The van der Waals surface area contributed by atoms with Crippen molar-refractivity contribution in [3.8, 4) is 0 Å². The molecule has 4 aliphatic rings. The molecule has 220 valence electrons. The predicted octanol–water partition coefficient (Wildman–Crippen LogP) is 3.59. The topological polar surface area (TPSA) is 86.7 Å². The molecular formula is C35H49NaO5. The number of hydrogen-bond donors (Lipinski definition) is 1. The largest absolute Gasteiger partial charge is 1.00 e. The van der Waals surface area contributed by atoms with Crippen molar-refractivity contribution in [2.45, 2.75) is 111 Å². The minimum atomic E-state index is -1.38. The zero-order valence-electron chi connectivity index (χ0n) is 26.2.